The molecule has 1 fully saturated rings. The number of nitrogens with zero attached hydrogens (tertiary/aromatic N) is 1. The number of rotatable bonds is 3. The molecule has 0 aromatic heterocycles. The van der Waals surface area contributed by atoms with Crippen LogP contribution in [0.25, 0.3) is 0 Å². The maximum absolute atomic E-state index is 11.4. The van der Waals surface area contributed by atoms with Gasteiger partial charge in [-0.3, -0.25) is 9.69 Å². The summed E-state index contributed by atoms with van der Waals surface area (Å²) in [5, 5.41) is 0. The second kappa shape index (κ2) is 5.15. The van der Waals surface area contributed by atoms with Crippen molar-refractivity contribution in [2.75, 3.05) is 20.2 Å². The van der Waals surface area contributed by atoms with Crippen LogP contribution in [0.2, 0.25) is 0 Å². The molecule has 0 radical (unpaired) electrons. The average Bonchev–Trinajstić information content (AvgIpc) is 2.61. The van der Waals surface area contributed by atoms with Gasteiger partial charge in [0.2, 0.25) is 0 Å². The van der Waals surface area contributed by atoms with E-state index in [2.05, 4.69) is 24.8 Å². The molecule has 14 heavy (non-hydrogen) atoms. The van der Waals surface area contributed by atoms with Crippen LogP contribution < -0.4 is 0 Å². The average molecular weight is 197 g/mol. The van der Waals surface area contributed by atoms with E-state index in [4.69, 9.17) is 4.74 Å². The Morgan fingerprint density at radius 3 is 2.86 bits per heavy atom. The smallest absolute Gasteiger partial charge is 0.323 e. The third-order valence-corrected chi connectivity index (χ3v) is 2.57. The van der Waals surface area contributed by atoms with E-state index >= 15 is 0 Å². The summed E-state index contributed by atoms with van der Waals surface area (Å²) in [7, 11) is 1.46. The Hall–Kier alpha value is -0.830. The van der Waals surface area contributed by atoms with E-state index in [1.807, 2.05) is 0 Å². The van der Waals surface area contributed by atoms with Crippen molar-refractivity contribution >= 4 is 5.97 Å². The number of hydrogen-bond acceptors (Lipinski definition) is 3. The Labute approximate surface area is 85.7 Å². The molecule has 0 aliphatic carbocycles. The zero-order valence-electron chi connectivity index (χ0n) is 9.25. The summed E-state index contributed by atoms with van der Waals surface area (Å²) in [5.41, 5.74) is 1.29. The predicted molar refractivity (Wildman–Crippen MR) is 56.0 cm³/mol. The highest BCUT2D eigenvalue weighted by Gasteiger charge is 2.30. The van der Waals surface area contributed by atoms with E-state index in [9.17, 15) is 4.79 Å². The van der Waals surface area contributed by atoms with Gasteiger partial charge in [-0.05, 0) is 33.2 Å². The summed E-state index contributed by atoms with van der Waals surface area (Å²) in [6.07, 6.45) is 4.18. The van der Waals surface area contributed by atoms with E-state index in [-0.39, 0.29) is 12.0 Å². The normalized spacial score (nSPS) is 22.1. The first-order valence-electron chi connectivity index (χ1n) is 5.10. The van der Waals surface area contributed by atoms with Gasteiger partial charge in [0.25, 0.3) is 0 Å². The van der Waals surface area contributed by atoms with Gasteiger partial charge < -0.3 is 4.74 Å². The van der Waals surface area contributed by atoms with Crippen LogP contribution >= 0.6 is 0 Å². The SMILES string of the molecule is COC(=O)C1CCCN1CC=C(C)C. The summed E-state index contributed by atoms with van der Waals surface area (Å²) in [6, 6.07) is -0.0180. The number of hydrogen-bond donors (Lipinski definition) is 0. The fourth-order valence-electron chi connectivity index (χ4n) is 1.75. The number of esters is 1. The number of carbonyl (C=O) groups is 1. The molecule has 1 rings (SSSR count). The molecular formula is C11H19NO2. The molecule has 3 nitrogen and oxygen atoms in total. The Morgan fingerprint density at radius 1 is 1.57 bits per heavy atom. The maximum Gasteiger partial charge on any atom is 0.323 e. The van der Waals surface area contributed by atoms with Crippen LogP contribution in [0.1, 0.15) is 26.7 Å². The van der Waals surface area contributed by atoms with Gasteiger partial charge in [-0.15, -0.1) is 0 Å². The highest BCUT2D eigenvalue weighted by atomic mass is 16.5. The van der Waals surface area contributed by atoms with Gasteiger partial charge in [-0.1, -0.05) is 11.6 Å². The minimum Gasteiger partial charge on any atom is -0.468 e. The van der Waals surface area contributed by atoms with Crippen LogP contribution in [0, 0.1) is 0 Å². The van der Waals surface area contributed by atoms with Crippen LogP contribution in [0.15, 0.2) is 11.6 Å². The molecule has 1 unspecified atom stereocenters. The lowest BCUT2D eigenvalue weighted by Gasteiger charge is -2.20. The summed E-state index contributed by atoms with van der Waals surface area (Å²) in [4.78, 5) is 13.6. The number of ether oxygens (including phenoxy) is 1. The van der Waals surface area contributed by atoms with Crippen molar-refractivity contribution in [3.05, 3.63) is 11.6 Å². The summed E-state index contributed by atoms with van der Waals surface area (Å²) < 4.78 is 4.77. The predicted octanol–water partition coefficient (Wildman–Crippen LogP) is 1.59. The molecule has 0 bridgehead atoms. The second-order valence-electron chi connectivity index (χ2n) is 3.96. The van der Waals surface area contributed by atoms with E-state index in [0.29, 0.717) is 0 Å². The van der Waals surface area contributed by atoms with Gasteiger partial charge in [0.05, 0.1) is 7.11 Å². The van der Waals surface area contributed by atoms with Crippen molar-refractivity contribution in [2.45, 2.75) is 32.7 Å². The minimum atomic E-state index is -0.0929. The first kappa shape index (κ1) is 11.2. The minimum absolute atomic E-state index is 0.0180. The first-order chi connectivity index (χ1) is 6.65. The molecule has 1 atom stereocenters. The Bertz CT molecular complexity index is 231. The highest BCUT2D eigenvalue weighted by molar-refractivity contribution is 5.76. The van der Waals surface area contributed by atoms with Crippen molar-refractivity contribution in [2.24, 2.45) is 0 Å². The number of carbonyl (C=O) groups excluding carboxylic acids is 1. The van der Waals surface area contributed by atoms with E-state index in [1.165, 1.54) is 12.7 Å². The summed E-state index contributed by atoms with van der Waals surface area (Å²) >= 11 is 0. The number of likely N-dealkylation sites (tertiary alicyclic amines) is 1. The fraction of sp³-hybridized carbons (Fsp3) is 0.727. The second-order valence-corrected chi connectivity index (χ2v) is 3.96. The van der Waals surface area contributed by atoms with Gasteiger partial charge in [-0.25, -0.2) is 0 Å². The Kier molecular flexibility index (Phi) is 4.14. The van der Waals surface area contributed by atoms with Crippen molar-refractivity contribution in [3.63, 3.8) is 0 Å². The van der Waals surface area contributed by atoms with Crippen LogP contribution in [0.5, 0.6) is 0 Å². The fourth-order valence-corrected chi connectivity index (χ4v) is 1.75. The molecule has 3 heteroatoms. The molecule has 0 amide bonds. The standard InChI is InChI=1S/C11H19NO2/c1-9(2)6-8-12-7-4-5-10(12)11(13)14-3/h6,10H,4-5,7-8H2,1-3H3. The zero-order valence-corrected chi connectivity index (χ0v) is 9.25. The highest BCUT2D eigenvalue weighted by Crippen LogP contribution is 2.18. The zero-order chi connectivity index (χ0) is 10.6. The molecule has 1 aliphatic heterocycles. The molecule has 0 spiro atoms. The van der Waals surface area contributed by atoms with Gasteiger partial charge >= 0.3 is 5.97 Å². The number of methoxy groups -OCH3 is 1. The molecule has 0 saturated carbocycles. The molecule has 1 saturated heterocycles. The third-order valence-electron chi connectivity index (χ3n) is 2.57. The van der Waals surface area contributed by atoms with Crippen molar-refractivity contribution in [1.29, 1.82) is 0 Å². The Balaban J connectivity index is 2.51. The van der Waals surface area contributed by atoms with Crippen molar-refractivity contribution in [1.82, 2.24) is 4.90 Å². The van der Waals surface area contributed by atoms with Gasteiger partial charge in [0, 0.05) is 6.54 Å². The molecule has 1 heterocycles. The summed E-state index contributed by atoms with van der Waals surface area (Å²) in [6.45, 7) is 6.01. The molecule has 0 aromatic carbocycles. The van der Waals surface area contributed by atoms with Crippen molar-refractivity contribution in [3.8, 4) is 0 Å². The molecule has 1 aliphatic rings. The summed E-state index contributed by atoms with van der Waals surface area (Å²) in [5.74, 6) is -0.0929. The van der Waals surface area contributed by atoms with Crippen LogP contribution in [-0.2, 0) is 9.53 Å². The first-order valence-corrected chi connectivity index (χ1v) is 5.10. The molecule has 0 N–H and O–H groups in total. The maximum atomic E-state index is 11.4. The van der Waals surface area contributed by atoms with Gasteiger partial charge in [0.1, 0.15) is 6.04 Å². The van der Waals surface area contributed by atoms with E-state index in [1.54, 1.807) is 0 Å². The lowest BCUT2D eigenvalue weighted by Crippen LogP contribution is -2.36. The molecular weight excluding hydrogens is 178 g/mol. The lowest BCUT2D eigenvalue weighted by molar-refractivity contribution is -0.145. The lowest BCUT2D eigenvalue weighted by atomic mass is 10.2. The largest absolute Gasteiger partial charge is 0.468 e. The van der Waals surface area contributed by atoms with E-state index in [0.717, 1.165) is 25.9 Å². The number of allylic oxidation sites excluding steroid dienone is 1. The molecule has 80 valence electrons. The molecule has 0 aromatic rings. The third kappa shape index (κ3) is 2.84. The van der Waals surface area contributed by atoms with Crippen LogP contribution in [0.4, 0.5) is 0 Å². The van der Waals surface area contributed by atoms with Crippen molar-refractivity contribution < 1.29 is 9.53 Å². The van der Waals surface area contributed by atoms with E-state index < -0.39 is 0 Å². The van der Waals surface area contributed by atoms with Crippen LogP contribution in [0.3, 0.4) is 0 Å². The Morgan fingerprint density at radius 2 is 2.29 bits per heavy atom. The quantitative estimate of drug-likeness (QED) is 0.508. The van der Waals surface area contributed by atoms with Gasteiger partial charge in [0.15, 0.2) is 0 Å². The van der Waals surface area contributed by atoms with Crippen LogP contribution in [-0.4, -0.2) is 37.1 Å². The monoisotopic (exact) mass is 197 g/mol. The van der Waals surface area contributed by atoms with Gasteiger partial charge in [-0.2, -0.15) is 0 Å². The topological polar surface area (TPSA) is 29.5 Å².